The third-order valence-electron chi connectivity index (χ3n) is 7.29. The van der Waals surface area contributed by atoms with Gasteiger partial charge in [0.15, 0.2) is 17.9 Å². The predicted molar refractivity (Wildman–Crippen MR) is 154 cm³/mol. The highest BCUT2D eigenvalue weighted by atomic mass is 19.2. The van der Waals surface area contributed by atoms with Crippen LogP contribution in [0, 0.1) is 17.5 Å². The van der Waals surface area contributed by atoms with Crippen LogP contribution in [0.4, 0.5) is 13.2 Å². The number of allylic oxidation sites excluding steroid dienone is 2. The topological polar surface area (TPSA) is 27.7 Å². The zero-order valence-electron chi connectivity index (χ0n) is 23.4. The fourth-order valence-corrected chi connectivity index (χ4v) is 4.92. The summed E-state index contributed by atoms with van der Waals surface area (Å²) in [5.41, 5.74) is 2.72. The third kappa shape index (κ3) is 7.76. The molecule has 1 heterocycles. The van der Waals surface area contributed by atoms with Gasteiger partial charge in [-0.2, -0.15) is 4.39 Å². The van der Waals surface area contributed by atoms with Crippen LogP contribution in [0.3, 0.4) is 0 Å². The Morgan fingerprint density at radius 1 is 0.825 bits per heavy atom. The molecule has 3 nitrogen and oxygen atoms in total. The van der Waals surface area contributed by atoms with Crippen LogP contribution in [0.15, 0.2) is 66.7 Å². The van der Waals surface area contributed by atoms with Gasteiger partial charge in [-0.25, -0.2) is 8.78 Å². The van der Waals surface area contributed by atoms with Crippen molar-refractivity contribution in [2.45, 2.75) is 71.0 Å². The lowest BCUT2D eigenvalue weighted by Gasteiger charge is -2.29. The van der Waals surface area contributed by atoms with Gasteiger partial charge in [0.2, 0.25) is 5.82 Å². The molecule has 0 unspecified atom stereocenters. The molecule has 0 atom stereocenters. The van der Waals surface area contributed by atoms with Gasteiger partial charge in [-0.1, -0.05) is 81.2 Å². The number of benzene rings is 3. The zero-order chi connectivity index (χ0) is 28.3. The van der Waals surface area contributed by atoms with Gasteiger partial charge in [0.05, 0.1) is 19.8 Å². The minimum absolute atomic E-state index is 0.0677. The second kappa shape index (κ2) is 15.1. The molecule has 40 heavy (non-hydrogen) atoms. The summed E-state index contributed by atoms with van der Waals surface area (Å²) in [6.07, 6.45) is 10.7. The molecule has 4 rings (SSSR count). The summed E-state index contributed by atoms with van der Waals surface area (Å²) in [4.78, 5) is 0. The Morgan fingerprint density at radius 3 is 2.23 bits per heavy atom. The largest absolute Gasteiger partial charge is 0.490 e. The third-order valence-corrected chi connectivity index (χ3v) is 7.29. The molecule has 1 fully saturated rings. The fraction of sp³-hybridized carbons (Fsp3) is 0.412. The monoisotopic (exact) mass is 552 g/mol. The second-order valence-corrected chi connectivity index (χ2v) is 10.3. The van der Waals surface area contributed by atoms with Gasteiger partial charge in [-0.3, -0.25) is 0 Å². The van der Waals surface area contributed by atoms with E-state index in [1.807, 2.05) is 19.1 Å². The van der Waals surface area contributed by atoms with E-state index in [0.29, 0.717) is 36.5 Å². The highest BCUT2D eigenvalue weighted by Crippen LogP contribution is 2.33. The molecule has 0 spiro atoms. The number of rotatable bonds is 13. The van der Waals surface area contributed by atoms with Crippen molar-refractivity contribution in [2.24, 2.45) is 0 Å². The number of unbranched alkanes of at least 4 members (excludes halogenated alkanes) is 4. The Kier molecular flexibility index (Phi) is 11.2. The molecule has 0 saturated carbocycles. The maximum atomic E-state index is 15.1. The molecule has 1 saturated heterocycles. The summed E-state index contributed by atoms with van der Waals surface area (Å²) in [7, 11) is 0. The van der Waals surface area contributed by atoms with Crippen LogP contribution in [0.25, 0.3) is 22.3 Å². The molecule has 0 amide bonds. The van der Waals surface area contributed by atoms with Crippen molar-refractivity contribution in [3.63, 3.8) is 0 Å². The van der Waals surface area contributed by atoms with Crippen LogP contribution in [0.1, 0.15) is 70.3 Å². The summed E-state index contributed by atoms with van der Waals surface area (Å²) < 4.78 is 61.7. The lowest BCUT2D eigenvalue weighted by atomic mass is 9.95. The maximum Gasteiger partial charge on any atom is 0.201 e. The SMILES string of the molecule is CC=CCCC1OCC(c2ccc(-c3ccc(-c4ccc(OCCCCCCC)c(F)c4F)cc3)cc2F)CO1. The molecule has 214 valence electrons. The van der Waals surface area contributed by atoms with Crippen molar-refractivity contribution in [3.8, 4) is 28.0 Å². The van der Waals surface area contributed by atoms with Crippen LogP contribution >= 0.6 is 0 Å². The lowest BCUT2D eigenvalue weighted by molar-refractivity contribution is -0.189. The van der Waals surface area contributed by atoms with Crippen molar-refractivity contribution in [3.05, 3.63) is 89.8 Å². The smallest absolute Gasteiger partial charge is 0.201 e. The number of hydrogen-bond acceptors (Lipinski definition) is 3. The molecule has 1 aliphatic rings. The van der Waals surface area contributed by atoms with Crippen molar-refractivity contribution < 1.29 is 27.4 Å². The highest BCUT2D eigenvalue weighted by molar-refractivity contribution is 5.71. The first-order valence-electron chi connectivity index (χ1n) is 14.4. The van der Waals surface area contributed by atoms with E-state index in [-0.39, 0.29) is 29.3 Å². The molecule has 0 N–H and O–H groups in total. The van der Waals surface area contributed by atoms with Gasteiger partial charge in [-0.15, -0.1) is 0 Å². The van der Waals surface area contributed by atoms with E-state index < -0.39 is 11.6 Å². The molecular weight excluding hydrogens is 513 g/mol. The van der Waals surface area contributed by atoms with Crippen molar-refractivity contribution >= 4 is 0 Å². The second-order valence-electron chi connectivity index (χ2n) is 10.3. The molecule has 3 aromatic carbocycles. The van der Waals surface area contributed by atoms with Crippen LogP contribution in [-0.4, -0.2) is 26.1 Å². The quantitative estimate of drug-likeness (QED) is 0.156. The summed E-state index contributed by atoms with van der Waals surface area (Å²) in [5, 5.41) is 0. The van der Waals surface area contributed by atoms with Gasteiger partial charge < -0.3 is 14.2 Å². The minimum Gasteiger partial charge on any atom is -0.490 e. The minimum atomic E-state index is -0.979. The van der Waals surface area contributed by atoms with Crippen molar-refractivity contribution in [1.82, 2.24) is 0 Å². The molecule has 0 aliphatic carbocycles. The summed E-state index contributed by atoms with van der Waals surface area (Å²) in [5.74, 6) is -2.47. The molecule has 0 radical (unpaired) electrons. The van der Waals surface area contributed by atoms with Gasteiger partial charge >= 0.3 is 0 Å². The van der Waals surface area contributed by atoms with E-state index in [2.05, 4.69) is 13.0 Å². The first kappa shape index (κ1) is 29.9. The molecule has 6 heteroatoms. The summed E-state index contributed by atoms with van der Waals surface area (Å²) in [6, 6.07) is 15.1. The Labute approximate surface area is 236 Å². The molecule has 3 aromatic rings. The van der Waals surface area contributed by atoms with E-state index in [1.165, 1.54) is 24.6 Å². The molecule has 0 bridgehead atoms. The average molecular weight is 553 g/mol. The van der Waals surface area contributed by atoms with Gasteiger partial charge in [0, 0.05) is 17.9 Å². The van der Waals surface area contributed by atoms with Gasteiger partial charge in [0.25, 0.3) is 0 Å². The Morgan fingerprint density at radius 2 is 1.52 bits per heavy atom. The first-order chi connectivity index (χ1) is 19.5. The van der Waals surface area contributed by atoms with E-state index in [0.717, 1.165) is 44.1 Å². The Hall–Kier alpha value is -3.09. The normalized spacial score (nSPS) is 17.4. The Bertz CT molecular complexity index is 1250. The van der Waals surface area contributed by atoms with E-state index in [4.69, 9.17) is 14.2 Å². The summed E-state index contributed by atoms with van der Waals surface area (Å²) in [6.45, 7) is 5.31. The number of ether oxygens (including phenoxy) is 3. The lowest BCUT2D eigenvalue weighted by Crippen LogP contribution is -2.31. The molecule has 0 aromatic heterocycles. The maximum absolute atomic E-state index is 15.1. The Balaban J connectivity index is 1.37. The molecular formula is C34H39F3O3. The number of halogens is 3. The van der Waals surface area contributed by atoms with Gasteiger partial charge in [0.1, 0.15) is 5.82 Å². The van der Waals surface area contributed by atoms with Crippen LogP contribution < -0.4 is 4.74 Å². The fourth-order valence-electron chi connectivity index (χ4n) is 4.92. The standard InChI is InChI=1S/C34H39F3O3/c1-3-5-7-8-10-20-38-31-19-18-29(33(36)34(31)37)25-14-12-24(13-15-25)26-16-17-28(30(35)21-26)27-22-39-32(40-23-27)11-9-6-4-2/h4,6,12-19,21,27,32H,3,5,7-11,20,22-23H2,1-2H3. The van der Waals surface area contributed by atoms with Gasteiger partial charge in [-0.05, 0) is 60.2 Å². The van der Waals surface area contributed by atoms with Crippen LogP contribution in [0.2, 0.25) is 0 Å². The first-order valence-corrected chi connectivity index (χ1v) is 14.4. The molecule has 1 aliphatic heterocycles. The van der Waals surface area contributed by atoms with Crippen molar-refractivity contribution in [2.75, 3.05) is 19.8 Å². The number of hydrogen-bond donors (Lipinski definition) is 0. The van der Waals surface area contributed by atoms with Crippen molar-refractivity contribution in [1.29, 1.82) is 0 Å². The summed E-state index contributed by atoms with van der Waals surface area (Å²) >= 11 is 0. The average Bonchev–Trinajstić information content (AvgIpc) is 2.98. The van der Waals surface area contributed by atoms with E-state index >= 15 is 4.39 Å². The van der Waals surface area contributed by atoms with Crippen LogP contribution in [0.5, 0.6) is 5.75 Å². The highest BCUT2D eigenvalue weighted by Gasteiger charge is 2.25. The van der Waals surface area contributed by atoms with E-state index in [9.17, 15) is 8.78 Å². The van der Waals surface area contributed by atoms with E-state index in [1.54, 1.807) is 30.3 Å². The van der Waals surface area contributed by atoms with Crippen LogP contribution in [-0.2, 0) is 9.47 Å². The zero-order valence-corrected chi connectivity index (χ0v) is 23.4. The predicted octanol–water partition coefficient (Wildman–Crippen LogP) is 9.60.